The molecule has 20 heavy (non-hydrogen) atoms. The molecule has 0 bridgehead atoms. The fourth-order valence-corrected chi connectivity index (χ4v) is 2.39. The maximum atomic E-state index is 10.0. The van der Waals surface area contributed by atoms with Crippen molar-refractivity contribution in [2.45, 2.75) is 46.3 Å². The highest BCUT2D eigenvalue weighted by atomic mass is 16.5. The zero-order chi connectivity index (χ0) is 15.0. The normalized spacial score (nSPS) is 12.9. The number of benzene rings is 1. The van der Waals surface area contributed by atoms with Crippen molar-refractivity contribution in [2.24, 2.45) is 0 Å². The van der Waals surface area contributed by atoms with Crippen LogP contribution >= 0.6 is 0 Å². The fraction of sp³-hybridized carbons (Fsp3) is 0.647. The van der Waals surface area contributed by atoms with Crippen molar-refractivity contribution in [2.75, 3.05) is 26.8 Å². The molecule has 0 amide bonds. The Kier molecular flexibility index (Phi) is 7.82. The molecule has 1 aromatic carbocycles. The van der Waals surface area contributed by atoms with Crippen molar-refractivity contribution in [1.82, 2.24) is 4.90 Å². The number of aliphatic hydroxyl groups is 1. The van der Waals surface area contributed by atoms with Crippen LogP contribution in [0.4, 0.5) is 0 Å². The van der Waals surface area contributed by atoms with Gasteiger partial charge in [0.2, 0.25) is 0 Å². The Balaban J connectivity index is 2.69. The second-order valence-corrected chi connectivity index (χ2v) is 5.60. The number of aliphatic hydroxyl groups excluding tert-OH is 1. The largest absolute Gasteiger partial charge is 0.392 e. The molecule has 3 nitrogen and oxygen atoms in total. The molecular weight excluding hydrogens is 250 g/mol. The van der Waals surface area contributed by atoms with Gasteiger partial charge in [-0.15, -0.1) is 0 Å². The second kappa shape index (κ2) is 9.11. The van der Waals surface area contributed by atoms with Crippen LogP contribution in [0, 0.1) is 13.8 Å². The van der Waals surface area contributed by atoms with Crippen molar-refractivity contribution in [3.63, 3.8) is 0 Å². The molecule has 0 aliphatic carbocycles. The van der Waals surface area contributed by atoms with Crippen LogP contribution in [0.15, 0.2) is 18.2 Å². The van der Waals surface area contributed by atoms with Gasteiger partial charge in [0.15, 0.2) is 0 Å². The number of aryl methyl sites for hydroxylation is 2. The minimum Gasteiger partial charge on any atom is -0.392 e. The molecule has 0 spiro atoms. The van der Waals surface area contributed by atoms with Gasteiger partial charge in [-0.25, -0.2) is 0 Å². The summed E-state index contributed by atoms with van der Waals surface area (Å²) in [6, 6.07) is 6.55. The molecule has 1 aromatic rings. The molecule has 3 heteroatoms. The van der Waals surface area contributed by atoms with Crippen LogP contribution in [-0.2, 0) is 11.3 Å². The molecule has 1 unspecified atom stereocenters. The minimum atomic E-state index is -0.248. The summed E-state index contributed by atoms with van der Waals surface area (Å²) in [5, 5.41) is 10.0. The summed E-state index contributed by atoms with van der Waals surface area (Å²) < 4.78 is 5.18. The Morgan fingerprint density at radius 1 is 1.30 bits per heavy atom. The molecule has 0 aliphatic heterocycles. The number of nitrogens with zero attached hydrogens (tertiary/aromatic N) is 1. The van der Waals surface area contributed by atoms with E-state index >= 15 is 0 Å². The summed E-state index contributed by atoms with van der Waals surface area (Å²) in [6.45, 7) is 9.50. The number of ether oxygens (including phenoxy) is 1. The summed E-state index contributed by atoms with van der Waals surface area (Å²) in [7, 11) is 1.72. The number of methoxy groups -OCH3 is 1. The summed E-state index contributed by atoms with van der Waals surface area (Å²) in [6.07, 6.45) is 1.63. The zero-order valence-corrected chi connectivity index (χ0v) is 13.4. The standard InChI is InChI=1S/C17H29NO2/c1-5-6-17(19)13-18(9-10-20-4)12-16-11-14(2)7-8-15(16)3/h7-8,11,17,19H,5-6,9-10,12-13H2,1-4H3. The maximum Gasteiger partial charge on any atom is 0.0667 e. The maximum absolute atomic E-state index is 10.0. The van der Waals surface area contributed by atoms with Crippen LogP contribution < -0.4 is 0 Å². The van der Waals surface area contributed by atoms with Gasteiger partial charge in [-0.05, 0) is 31.4 Å². The predicted molar refractivity (Wildman–Crippen MR) is 84.0 cm³/mol. The Morgan fingerprint density at radius 3 is 2.70 bits per heavy atom. The van der Waals surface area contributed by atoms with E-state index in [1.165, 1.54) is 16.7 Å². The molecule has 114 valence electrons. The smallest absolute Gasteiger partial charge is 0.0667 e. The van der Waals surface area contributed by atoms with E-state index in [0.29, 0.717) is 13.2 Å². The molecule has 0 heterocycles. The summed E-state index contributed by atoms with van der Waals surface area (Å²) in [4.78, 5) is 2.28. The molecule has 0 radical (unpaired) electrons. The summed E-state index contributed by atoms with van der Waals surface area (Å²) >= 11 is 0. The van der Waals surface area contributed by atoms with Crippen molar-refractivity contribution in [1.29, 1.82) is 0 Å². The van der Waals surface area contributed by atoms with E-state index in [1.807, 2.05) is 0 Å². The van der Waals surface area contributed by atoms with Gasteiger partial charge in [-0.2, -0.15) is 0 Å². The lowest BCUT2D eigenvalue weighted by atomic mass is 10.0. The molecule has 0 saturated heterocycles. The topological polar surface area (TPSA) is 32.7 Å². The van der Waals surface area contributed by atoms with Crippen molar-refractivity contribution >= 4 is 0 Å². The first-order valence-corrected chi connectivity index (χ1v) is 7.52. The minimum absolute atomic E-state index is 0.248. The molecule has 0 aliphatic rings. The van der Waals surface area contributed by atoms with Gasteiger partial charge >= 0.3 is 0 Å². The summed E-state index contributed by atoms with van der Waals surface area (Å²) in [5.41, 5.74) is 3.93. The van der Waals surface area contributed by atoms with Gasteiger partial charge in [-0.3, -0.25) is 4.90 Å². The average molecular weight is 279 g/mol. The average Bonchev–Trinajstić information content (AvgIpc) is 2.40. The van der Waals surface area contributed by atoms with Gasteiger partial charge < -0.3 is 9.84 Å². The molecule has 1 rings (SSSR count). The molecule has 0 aromatic heterocycles. The third-order valence-corrected chi connectivity index (χ3v) is 3.60. The van der Waals surface area contributed by atoms with E-state index in [2.05, 4.69) is 43.9 Å². The fourth-order valence-electron chi connectivity index (χ4n) is 2.39. The highest BCUT2D eigenvalue weighted by molar-refractivity contribution is 5.30. The van der Waals surface area contributed by atoms with E-state index in [4.69, 9.17) is 4.74 Å². The Hall–Kier alpha value is -0.900. The summed E-state index contributed by atoms with van der Waals surface area (Å²) in [5.74, 6) is 0. The van der Waals surface area contributed by atoms with Crippen LogP contribution in [-0.4, -0.2) is 42.9 Å². The first-order chi connectivity index (χ1) is 9.56. The molecule has 0 saturated carbocycles. The zero-order valence-electron chi connectivity index (χ0n) is 13.4. The van der Waals surface area contributed by atoms with E-state index in [0.717, 1.165) is 25.9 Å². The van der Waals surface area contributed by atoms with Gasteiger partial charge in [0.05, 0.1) is 12.7 Å². The SMILES string of the molecule is CCCC(O)CN(CCOC)Cc1cc(C)ccc1C. The van der Waals surface area contributed by atoms with E-state index < -0.39 is 0 Å². The van der Waals surface area contributed by atoms with Gasteiger partial charge in [-0.1, -0.05) is 37.1 Å². The van der Waals surface area contributed by atoms with Crippen molar-refractivity contribution < 1.29 is 9.84 Å². The number of hydrogen-bond donors (Lipinski definition) is 1. The van der Waals surface area contributed by atoms with Crippen LogP contribution in [0.2, 0.25) is 0 Å². The quantitative estimate of drug-likeness (QED) is 0.754. The Labute approximate surface area is 123 Å². The second-order valence-electron chi connectivity index (χ2n) is 5.60. The lowest BCUT2D eigenvalue weighted by Gasteiger charge is -2.25. The van der Waals surface area contributed by atoms with Crippen LogP contribution in [0.25, 0.3) is 0 Å². The first-order valence-electron chi connectivity index (χ1n) is 7.52. The Bertz CT molecular complexity index is 393. The third kappa shape index (κ3) is 6.04. The molecular formula is C17H29NO2. The number of hydrogen-bond acceptors (Lipinski definition) is 3. The van der Waals surface area contributed by atoms with Crippen molar-refractivity contribution in [3.8, 4) is 0 Å². The van der Waals surface area contributed by atoms with Gasteiger partial charge in [0, 0.05) is 26.7 Å². The van der Waals surface area contributed by atoms with Crippen molar-refractivity contribution in [3.05, 3.63) is 34.9 Å². The number of rotatable bonds is 9. The molecule has 1 N–H and O–H groups in total. The van der Waals surface area contributed by atoms with Gasteiger partial charge in [0.1, 0.15) is 0 Å². The first kappa shape index (κ1) is 17.2. The van der Waals surface area contributed by atoms with Gasteiger partial charge in [0.25, 0.3) is 0 Å². The molecule has 1 atom stereocenters. The lowest BCUT2D eigenvalue weighted by Crippen LogP contribution is -2.34. The third-order valence-electron chi connectivity index (χ3n) is 3.60. The highest BCUT2D eigenvalue weighted by Crippen LogP contribution is 2.14. The monoisotopic (exact) mass is 279 g/mol. The van der Waals surface area contributed by atoms with Crippen LogP contribution in [0.5, 0.6) is 0 Å². The Morgan fingerprint density at radius 2 is 2.05 bits per heavy atom. The van der Waals surface area contributed by atoms with Crippen LogP contribution in [0.3, 0.4) is 0 Å². The lowest BCUT2D eigenvalue weighted by molar-refractivity contribution is 0.0799. The van der Waals surface area contributed by atoms with E-state index in [9.17, 15) is 5.11 Å². The van der Waals surface area contributed by atoms with Crippen LogP contribution in [0.1, 0.15) is 36.5 Å². The predicted octanol–water partition coefficient (Wildman–Crippen LogP) is 2.91. The van der Waals surface area contributed by atoms with E-state index in [1.54, 1.807) is 7.11 Å². The molecule has 0 fully saturated rings. The van der Waals surface area contributed by atoms with E-state index in [-0.39, 0.29) is 6.10 Å². The highest BCUT2D eigenvalue weighted by Gasteiger charge is 2.12.